The molecule has 5 aromatic rings. The Morgan fingerprint density at radius 2 is 1.45 bits per heavy atom. The number of carbonyl (C=O) groups excluding carboxylic acids is 1. The fraction of sp³-hybridized carbons (Fsp3) is 0.206. The molecule has 1 heterocycles. The molecule has 1 fully saturated rings. The van der Waals surface area contributed by atoms with Crippen LogP contribution in [0.2, 0.25) is 0 Å². The summed E-state index contributed by atoms with van der Waals surface area (Å²) >= 11 is 0. The van der Waals surface area contributed by atoms with Crippen LogP contribution >= 0.6 is 0 Å². The number of hydrogen-bond donors (Lipinski definition) is 3. The number of nitrogens with zero attached hydrogens (tertiary/aromatic N) is 2. The van der Waals surface area contributed by atoms with Gasteiger partial charge in [-0.05, 0) is 86.5 Å². The Hall–Kier alpha value is -4.96. The molecule has 0 radical (unpaired) electrons. The minimum absolute atomic E-state index is 0.170. The molecule has 224 valence electrons. The number of fused-ring (bicyclic) bond motifs is 1. The van der Waals surface area contributed by atoms with Gasteiger partial charge in [-0.15, -0.1) is 0 Å². The first kappa shape index (κ1) is 29.1. The zero-order valence-corrected chi connectivity index (χ0v) is 25.0. The summed E-state index contributed by atoms with van der Waals surface area (Å²) in [7, 11) is -3.73. The molecule has 1 aliphatic carbocycles. The number of carboxylic acid groups (broad SMARTS) is 1. The highest BCUT2D eigenvalue weighted by Gasteiger charge is 2.23. The van der Waals surface area contributed by atoms with Crippen LogP contribution in [0.5, 0.6) is 0 Å². The molecule has 0 bridgehead atoms. The number of aromatic nitrogens is 2. The molecule has 1 aliphatic rings. The summed E-state index contributed by atoms with van der Waals surface area (Å²) in [6.07, 6.45) is 5.54. The topological polar surface area (TPSA) is 130 Å². The summed E-state index contributed by atoms with van der Waals surface area (Å²) in [5, 5.41) is 12.3. The number of aryl methyl sites for hydroxylation is 1. The first-order valence-electron chi connectivity index (χ1n) is 14.5. The maximum atomic E-state index is 13.0. The normalized spacial score (nSPS) is 13.9. The van der Waals surface area contributed by atoms with E-state index in [1.54, 1.807) is 72.8 Å². The van der Waals surface area contributed by atoms with Crippen molar-refractivity contribution >= 4 is 44.3 Å². The van der Waals surface area contributed by atoms with Gasteiger partial charge in [-0.25, -0.2) is 18.2 Å². The Morgan fingerprint density at radius 1 is 0.818 bits per heavy atom. The highest BCUT2D eigenvalue weighted by molar-refractivity contribution is 7.92. The molecule has 1 aromatic heterocycles. The number of aromatic carboxylic acids is 1. The third-order valence-electron chi connectivity index (χ3n) is 8.01. The first-order valence-corrected chi connectivity index (χ1v) is 16.0. The van der Waals surface area contributed by atoms with Gasteiger partial charge < -0.3 is 15.0 Å². The second-order valence-electron chi connectivity index (χ2n) is 11.1. The average Bonchev–Trinajstić information content (AvgIpc) is 3.41. The van der Waals surface area contributed by atoms with E-state index >= 15 is 0 Å². The van der Waals surface area contributed by atoms with E-state index in [-0.39, 0.29) is 22.4 Å². The molecule has 0 atom stereocenters. The van der Waals surface area contributed by atoms with Crippen molar-refractivity contribution < 1.29 is 23.1 Å². The van der Waals surface area contributed by atoms with Gasteiger partial charge in [0.1, 0.15) is 5.82 Å². The van der Waals surface area contributed by atoms with E-state index in [2.05, 4.69) is 14.6 Å². The third kappa shape index (κ3) is 6.07. The zero-order chi connectivity index (χ0) is 30.8. The number of carboxylic acids is 1. The first-order chi connectivity index (χ1) is 21.2. The van der Waals surface area contributed by atoms with E-state index in [4.69, 9.17) is 4.98 Å². The van der Waals surface area contributed by atoms with Gasteiger partial charge in [-0.2, -0.15) is 0 Å². The predicted molar refractivity (Wildman–Crippen MR) is 171 cm³/mol. The van der Waals surface area contributed by atoms with Gasteiger partial charge in [0, 0.05) is 28.5 Å². The number of anilines is 2. The lowest BCUT2D eigenvalue weighted by Gasteiger charge is -2.25. The van der Waals surface area contributed by atoms with Crippen molar-refractivity contribution in [3.63, 3.8) is 0 Å². The summed E-state index contributed by atoms with van der Waals surface area (Å²) < 4.78 is 30.2. The fourth-order valence-corrected chi connectivity index (χ4v) is 6.73. The van der Waals surface area contributed by atoms with Crippen molar-refractivity contribution in [2.75, 3.05) is 10.0 Å². The largest absolute Gasteiger partial charge is 0.478 e. The van der Waals surface area contributed by atoms with E-state index in [1.165, 1.54) is 6.42 Å². The molecule has 0 aliphatic heterocycles. The second-order valence-corrected chi connectivity index (χ2v) is 12.8. The van der Waals surface area contributed by atoms with Crippen molar-refractivity contribution in [3.05, 3.63) is 108 Å². The molecule has 0 spiro atoms. The predicted octanol–water partition coefficient (Wildman–Crippen LogP) is 7.27. The number of rotatable bonds is 8. The van der Waals surface area contributed by atoms with E-state index in [0.717, 1.165) is 48.2 Å². The third-order valence-corrected chi connectivity index (χ3v) is 9.41. The highest BCUT2D eigenvalue weighted by Crippen LogP contribution is 2.36. The van der Waals surface area contributed by atoms with Crippen LogP contribution in [-0.4, -0.2) is 35.0 Å². The van der Waals surface area contributed by atoms with Crippen LogP contribution in [0.25, 0.3) is 22.4 Å². The van der Waals surface area contributed by atoms with Gasteiger partial charge in [-0.1, -0.05) is 49.1 Å². The molecular weight excluding hydrogens is 576 g/mol. The monoisotopic (exact) mass is 608 g/mol. The molecule has 44 heavy (non-hydrogen) atoms. The van der Waals surface area contributed by atoms with Crippen LogP contribution in [0.3, 0.4) is 0 Å². The van der Waals surface area contributed by atoms with Crippen LogP contribution < -0.4 is 10.0 Å². The zero-order valence-electron chi connectivity index (χ0n) is 24.2. The maximum absolute atomic E-state index is 13.0. The number of nitrogens with one attached hydrogen (secondary N) is 2. The lowest BCUT2D eigenvalue weighted by Crippen LogP contribution is -2.14. The number of amides is 1. The summed E-state index contributed by atoms with van der Waals surface area (Å²) in [6, 6.07) is 25.6. The van der Waals surface area contributed by atoms with Crippen LogP contribution in [0.15, 0.2) is 95.9 Å². The molecule has 1 saturated carbocycles. The molecule has 3 N–H and O–H groups in total. The summed E-state index contributed by atoms with van der Waals surface area (Å²) in [5.74, 6) is -0.546. The second kappa shape index (κ2) is 12.0. The van der Waals surface area contributed by atoms with Crippen molar-refractivity contribution in [2.24, 2.45) is 0 Å². The van der Waals surface area contributed by atoms with Gasteiger partial charge in [0.2, 0.25) is 0 Å². The maximum Gasteiger partial charge on any atom is 0.335 e. The minimum atomic E-state index is -3.73. The smallest absolute Gasteiger partial charge is 0.335 e. The number of carbonyl (C=O) groups is 2. The number of sulfonamides is 1. The molecule has 9 nitrogen and oxygen atoms in total. The van der Waals surface area contributed by atoms with Crippen molar-refractivity contribution in [2.45, 2.75) is 50.0 Å². The Balaban J connectivity index is 1.19. The van der Waals surface area contributed by atoms with E-state index < -0.39 is 16.0 Å². The van der Waals surface area contributed by atoms with E-state index in [0.29, 0.717) is 22.5 Å². The number of hydrogen-bond acceptors (Lipinski definition) is 5. The summed E-state index contributed by atoms with van der Waals surface area (Å²) in [4.78, 5) is 29.6. The SMILES string of the molecule is Cc1ccc(S(=O)(=O)Nc2ccc(NC(=O)c3ccc(-c4nc5cc(C(=O)O)ccc5n4C4CCCCC4)cc3)cc2)cc1. The van der Waals surface area contributed by atoms with Crippen LogP contribution in [0.1, 0.15) is 64.4 Å². The van der Waals surface area contributed by atoms with Crippen molar-refractivity contribution in [1.29, 1.82) is 0 Å². The lowest BCUT2D eigenvalue weighted by molar-refractivity contribution is 0.0696. The molecule has 0 saturated heterocycles. The van der Waals surface area contributed by atoms with Crippen LogP contribution in [0.4, 0.5) is 11.4 Å². The highest BCUT2D eigenvalue weighted by atomic mass is 32.2. The van der Waals surface area contributed by atoms with Crippen LogP contribution in [-0.2, 0) is 10.0 Å². The van der Waals surface area contributed by atoms with Gasteiger partial charge in [0.05, 0.1) is 21.5 Å². The van der Waals surface area contributed by atoms with Crippen LogP contribution in [0, 0.1) is 6.92 Å². The van der Waals surface area contributed by atoms with Gasteiger partial charge >= 0.3 is 5.97 Å². The average molecular weight is 609 g/mol. The Bertz CT molecular complexity index is 1940. The molecule has 0 unspecified atom stereocenters. The Morgan fingerprint density at radius 3 is 2.11 bits per heavy atom. The number of imidazole rings is 1. The van der Waals surface area contributed by atoms with Gasteiger partial charge in [-0.3, -0.25) is 9.52 Å². The summed E-state index contributed by atoms with van der Waals surface area (Å²) in [6.45, 7) is 1.89. The quantitative estimate of drug-likeness (QED) is 0.170. The molecule has 6 rings (SSSR count). The fourth-order valence-electron chi connectivity index (χ4n) is 5.67. The Kier molecular flexibility index (Phi) is 7.92. The van der Waals surface area contributed by atoms with Crippen molar-refractivity contribution in [3.8, 4) is 11.4 Å². The van der Waals surface area contributed by atoms with Gasteiger partial charge in [0.25, 0.3) is 15.9 Å². The van der Waals surface area contributed by atoms with E-state index in [9.17, 15) is 23.1 Å². The molecule has 1 amide bonds. The van der Waals surface area contributed by atoms with Crippen molar-refractivity contribution in [1.82, 2.24) is 9.55 Å². The summed E-state index contributed by atoms with van der Waals surface area (Å²) in [5.41, 5.74) is 4.89. The standard InChI is InChI=1S/C34H32N4O5S/c1-22-7-18-29(19-8-22)44(42,43)37-27-16-14-26(15-17-27)35-33(39)24-11-9-23(10-12-24)32-36-30-21-25(34(40)41)13-20-31(30)38(32)28-5-3-2-4-6-28/h7-21,28,37H,2-6H2,1H3,(H,35,39)(H,40,41). The molecule has 4 aromatic carbocycles. The lowest BCUT2D eigenvalue weighted by atomic mass is 9.94. The molecular formula is C34H32N4O5S. The minimum Gasteiger partial charge on any atom is -0.478 e. The molecule has 10 heteroatoms. The van der Waals surface area contributed by atoms with Gasteiger partial charge in [0.15, 0.2) is 0 Å². The number of benzene rings is 4. The van der Waals surface area contributed by atoms with E-state index in [1.807, 2.05) is 25.1 Å². The Labute approximate surface area is 255 Å².